The van der Waals surface area contributed by atoms with Gasteiger partial charge < -0.3 is 24.8 Å². The van der Waals surface area contributed by atoms with E-state index < -0.39 is 37.2 Å². The van der Waals surface area contributed by atoms with Gasteiger partial charge in [0.2, 0.25) is 5.75 Å². The molecule has 0 saturated carbocycles. The fraction of sp³-hybridized carbons (Fsp3) is 0.341. The number of amides is 1. The largest absolute Gasteiger partial charge is 0.449 e. The number of nitro benzene ring substituents is 1. The Morgan fingerprint density at radius 3 is 2.42 bits per heavy atom. The van der Waals surface area contributed by atoms with Crippen LogP contribution in [0.3, 0.4) is 0 Å². The van der Waals surface area contributed by atoms with Gasteiger partial charge in [0.15, 0.2) is 5.69 Å². The first-order valence-electron chi connectivity index (χ1n) is 20.1. The van der Waals surface area contributed by atoms with Gasteiger partial charge in [-0.25, -0.2) is 18.1 Å². The van der Waals surface area contributed by atoms with E-state index in [-0.39, 0.29) is 22.4 Å². The summed E-state index contributed by atoms with van der Waals surface area (Å²) in [5, 5.41) is 16.7. The summed E-state index contributed by atoms with van der Waals surface area (Å²) in [5.41, 5.74) is 8.07. The number of hydrazine groups is 1. The first kappa shape index (κ1) is 41.3. The van der Waals surface area contributed by atoms with Gasteiger partial charge in [0, 0.05) is 73.5 Å². The van der Waals surface area contributed by atoms with E-state index >= 15 is 0 Å². The van der Waals surface area contributed by atoms with Crippen molar-refractivity contribution >= 4 is 61.1 Å². The lowest BCUT2D eigenvalue weighted by atomic mass is 9.72. The van der Waals surface area contributed by atoms with Gasteiger partial charge in [-0.05, 0) is 90.4 Å². The van der Waals surface area contributed by atoms with Crippen LogP contribution >= 0.6 is 11.6 Å². The number of carbonyl (C=O) groups excluding carboxylic acids is 1. The van der Waals surface area contributed by atoms with Crippen LogP contribution in [-0.4, -0.2) is 93.2 Å². The third kappa shape index (κ3) is 9.15. The smallest absolute Gasteiger partial charge is 0.339 e. The predicted octanol–water partition coefficient (Wildman–Crippen LogP) is 8.09. The van der Waals surface area contributed by atoms with Gasteiger partial charge in [0.05, 0.1) is 23.8 Å². The van der Waals surface area contributed by atoms with E-state index in [0.29, 0.717) is 63.2 Å². The predicted molar refractivity (Wildman–Crippen MR) is 233 cm³/mol. The first-order valence-corrected chi connectivity index (χ1v) is 22.0. The minimum Gasteiger partial charge on any atom is -0.449 e. The van der Waals surface area contributed by atoms with Gasteiger partial charge >= 0.3 is 5.69 Å². The molecule has 2 aliphatic heterocycles. The quantitative estimate of drug-likeness (QED) is 0.0822. The number of aromatic amines is 1. The molecule has 0 spiro atoms. The monoisotopic (exact) mass is 853 g/mol. The minimum atomic E-state index is -4.78. The number of morpholine rings is 1. The zero-order valence-corrected chi connectivity index (χ0v) is 35.2. The summed E-state index contributed by atoms with van der Waals surface area (Å²) in [7, 11) is -4.78. The number of aromatic nitrogens is 1. The number of rotatable bonds is 12. The van der Waals surface area contributed by atoms with Crippen molar-refractivity contribution in [2.75, 3.05) is 69.4 Å². The summed E-state index contributed by atoms with van der Waals surface area (Å²) in [6, 6.07) is 24.2. The van der Waals surface area contributed by atoms with Gasteiger partial charge in [-0.1, -0.05) is 61.4 Å². The molecule has 8 rings (SSSR count). The SMILES string of the molecule is CC1(C)CCC(CN2CCN(c3cc(S(=O)(=O)NC(=O)c4ccccc4)c(Oc4ccc5[nH]ccc5c4)c([N+](=O)[O-])c3NN3CCOCC3)CC2)=C(c2ccc(Cl)cc2)C1. The fourth-order valence-corrected chi connectivity index (χ4v) is 9.44. The molecule has 3 N–H and O–H groups in total. The van der Waals surface area contributed by atoms with Gasteiger partial charge in [0.1, 0.15) is 10.6 Å². The molecule has 16 heteroatoms. The molecule has 314 valence electrons. The minimum absolute atomic E-state index is 0.0867. The van der Waals surface area contributed by atoms with Gasteiger partial charge in [-0.15, -0.1) is 0 Å². The molecule has 3 aliphatic rings. The maximum absolute atomic E-state index is 14.5. The summed E-state index contributed by atoms with van der Waals surface area (Å²) < 4.78 is 42.9. The first-order chi connectivity index (χ1) is 28.8. The average molecular weight is 854 g/mol. The molecule has 2 fully saturated rings. The molecule has 3 heterocycles. The van der Waals surface area contributed by atoms with Crippen molar-refractivity contribution < 1.29 is 27.6 Å². The van der Waals surface area contributed by atoms with Crippen LogP contribution in [0, 0.1) is 15.5 Å². The van der Waals surface area contributed by atoms with Crippen molar-refractivity contribution in [3.63, 3.8) is 0 Å². The van der Waals surface area contributed by atoms with Crippen LogP contribution in [0.15, 0.2) is 102 Å². The number of anilines is 2. The lowest BCUT2D eigenvalue weighted by Crippen LogP contribution is -2.48. The van der Waals surface area contributed by atoms with Crippen molar-refractivity contribution in [3.8, 4) is 11.5 Å². The summed E-state index contributed by atoms with van der Waals surface area (Å²) in [4.78, 5) is 33.1. The number of halogens is 1. The summed E-state index contributed by atoms with van der Waals surface area (Å²) in [5.74, 6) is -1.24. The van der Waals surface area contributed by atoms with E-state index in [4.69, 9.17) is 21.1 Å². The topological polar surface area (TPSA) is 162 Å². The van der Waals surface area contributed by atoms with E-state index in [2.05, 4.69) is 46.0 Å². The van der Waals surface area contributed by atoms with E-state index in [0.717, 1.165) is 36.7 Å². The molecule has 0 atom stereocenters. The maximum Gasteiger partial charge on any atom is 0.339 e. The number of benzene rings is 4. The number of hydrogen-bond donors (Lipinski definition) is 3. The van der Waals surface area contributed by atoms with Crippen LogP contribution in [0.5, 0.6) is 11.5 Å². The number of nitro groups is 1. The Balaban J connectivity index is 1.18. The molecule has 4 aromatic carbocycles. The molecule has 1 amide bonds. The fourth-order valence-electron chi connectivity index (χ4n) is 8.20. The summed E-state index contributed by atoms with van der Waals surface area (Å²) >= 11 is 6.26. The molecule has 0 radical (unpaired) electrons. The van der Waals surface area contributed by atoms with Crippen LogP contribution in [0.25, 0.3) is 16.5 Å². The number of piperazine rings is 1. The van der Waals surface area contributed by atoms with Crippen LogP contribution in [0.1, 0.15) is 49.0 Å². The Labute approximate surface area is 354 Å². The van der Waals surface area contributed by atoms with Gasteiger partial charge in [0.25, 0.3) is 15.9 Å². The molecular weight excluding hydrogens is 806 g/mol. The summed E-state index contributed by atoms with van der Waals surface area (Å²) in [6.07, 6.45) is 4.75. The van der Waals surface area contributed by atoms with Crippen LogP contribution in [0.4, 0.5) is 17.1 Å². The van der Waals surface area contributed by atoms with Gasteiger partial charge in [-0.2, -0.15) is 0 Å². The maximum atomic E-state index is 14.5. The number of carbonyl (C=O) groups is 1. The number of nitrogens with one attached hydrogen (secondary N) is 3. The van der Waals surface area contributed by atoms with Gasteiger partial charge in [-0.3, -0.25) is 19.8 Å². The average Bonchev–Trinajstić information content (AvgIpc) is 3.71. The zero-order chi connectivity index (χ0) is 42.0. The number of sulfonamides is 1. The van der Waals surface area contributed by atoms with Crippen molar-refractivity contribution in [2.24, 2.45) is 5.41 Å². The van der Waals surface area contributed by atoms with Crippen LogP contribution < -0.4 is 19.8 Å². The molecule has 0 unspecified atom stereocenters. The Hall–Kier alpha value is -5.45. The Morgan fingerprint density at radius 1 is 0.967 bits per heavy atom. The van der Waals surface area contributed by atoms with Crippen molar-refractivity contribution in [3.05, 3.63) is 123 Å². The second-order valence-electron chi connectivity index (χ2n) is 16.2. The molecule has 1 aromatic heterocycles. The molecule has 60 heavy (non-hydrogen) atoms. The Bertz CT molecular complexity index is 2530. The lowest BCUT2D eigenvalue weighted by Gasteiger charge is -2.40. The number of nitrogens with zero attached hydrogens (tertiary/aromatic N) is 4. The van der Waals surface area contributed by atoms with E-state index in [1.54, 1.807) is 42.6 Å². The molecule has 0 bridgehead atoms. The van der Waals surface area contributed by atoms with Crippen molar-refractivity contribution in [1.82, 2.24) is 19.6 Å². The third-order valence-corrected chi connectivity index (χ3v) is 13.1. The van der Waals surface area contributed by atoms with Crippen molar-refractivity contribution in [1.29, 1.82) is 0 Å². The number of hydrogen-bond acceptors (Lipinski definition) is 11. The van der Waals surface area contributed by atoms with Crippen molar-refractivity contribution in [2.45, 2.75) is 38.0 Å². The Morgan fingerprint density at radius 2 is 1.70 bits per heavy atom. The highest BCUT2D eigenvalue weighted by atomic mass is 35.5. The van der Waals surface area contributed by atoms with Crippen LogP contribution in [-0.2, 0) is 14.8 Å². The molecule has 14 nitrogen and oxygen atoms in total. The van der Waals surface area contributed by atoms with Crippen LogP contribution in [0.2, 0.25) is 5.02 Å². The molecule has 2 saturated heterocycles. The molecule has 5 aromatic rings. The second-order valence-corrected chi connectivity index (χ2v) is 18.3. The zero-order valence-electron chi connectivity index (χ0n) is 33.6. The van der Waals surface area contributed by atoms with E-state index in [9.17, 15) is 23.3 Å². The molecular formula is C44H48ClN7O7S. The molecule has 1 aliphatic carbocycles. The standard InChI is InChI=1S/C44H48ClN7O7S/c1-44(2)16-14-33(36(28-44)30-8-10-34(45)11-9-30)29-49-18-20-50(21-19-49)38-27-39(60(56,57)48-43(53)31-6-4-3-5-7-31)42(59-35-12-13-37-32(26-35)15-17-46-37)41(52(54)55)40(38)47-51-22-24-58-25-23-51/h3-13,15,17,26-27,46-47H,14,16,18-25,28-29H2,1-2H3,(H,48,53). The highest BCUT2D eigenvalue weighted by molar-refractivity contribution is 7.90. The number of fused-ring (bicyclic) bond motifs is 1. The highest BCUT2D eigenvalue weighted by Gasteiger charge is 2.38. The lowest BCUT2D eigenvalue weighted by molar-refractivity contribution is -0.385. The van der Waals surface area contributed by atoms with E-state index in [1.165, 1.54) is 34.9 Å². The number of ether oxygens (including phenoxy) is 2. The van der Waals surface area contributed by atoms with E-state index in [1.807, 2.05) is 28.1 Å². The second kappa shape index (κ2) is 17.3. The Kier molecular flexibility index (Phi) is 11.9. The normalized spacial score (nSPS) is 17.8. The number of H-pyrrole nitrogens is 1. The third-order valence-electron chi connectivity index (χ3n) is 11.5. The highest BCUT2D eigenvalue weighted by Crippen LogP contribution is 2.49. The summed E-state index contributed by atoms with van der Waals surface area (Å²) in [6.45, 7) is 9.17. The number of allylic oxidation sites excluding steroid dienone is 1.